The number of rotatable bonds is 5. The number of carbonyl (C=O) groups excluding carboxylic acids is 2. The monoisotopic (exact) mass is 363 g/mol. The van der Waals surface area contributed by atoms with Crippen LogP contribution in [0.25, 0.3) is 0 Å². The minimum absolute atomic E-state index is 0.0538. The van der Waals surface area contributed by atoms with Gasteiger partial charge in [-0.05, 0) is 24.3 Å². The average Bonchev–Trinajstić information content (AvgIpc) is 3.40. The van der Waals surface area contributed by atoms with Gasteiger partial charge in [-0.25, -0.2) is 4.98 Å². The van der Waals surface area contributed by atoms with Crippen molar-refractivity contribution in [2.24, 2.45) is 0 Å². The second kappa shape index (κ2) is 7.49. The van der Waals surface area contributed by atoms with Crippen LogP contribution in [0.15, 0.2) is 67.4 Å². The molecule has 1 atom stereocenters. The Kier molecular flexibility index (Phi) is 4.74. The van der Waals surface area contributed by atoms with Crippen LogP contribution >= 0.6 is 0 Å². The summed E-state index contributed by atoms with van der Waals surface area (Å²) in [6, 6.07) is 12.9. The highest BCUT2D eigenvalue weighted by atomic mass is 16.2. The molecule has 0 bridgehead atoms. The molecule has 0 aliphatic carbocycles. The lowest BCUT2D eigenvalue weighted by Gasteiger charge is -2.36. The molecule has 0 radical (unpaired) electrons. The van der Waals surface area contributed by atoms with E-state index in [-0.39, 0.29) is 18.4 Å². The fourth-order valence-electron chi connectivity index (χ4n) is 3.43. The van der Waals surface area contributed by atoms with Gasteiger partial charge in [0, 0.05) is 49.5 Å². The topological polar surface area (TPSA) is 74.2 Å². The Balaban J connectivity index is 1.50. The van der Waals surface area contributed by atoms with Crippen molar-refractivity contribution in [3.63, 3.8) is 0 Å². The maximum atomic E-state index is 13.2. The van der Waals surface area contributed by atoms with E-state index in [1.165, 1.54) is 0 Å². The number of aromatic amines is 1. The average molecular weight is 363 g/mol. The highest BCUT2D eigenvalue weighted by Crippen LogP contribution is 2.21. The number of H-pyrrole nitrogens is 1. The molecule has 0 spiro atoms. The summed E-state index contributed by atoms with van der Waals surface area (Å²) < 4.78 is 1.89. The van der Waals surface area contributed by atoms with Crippen molar-refractivity contribution in [1.82, 2.24) is 19.4 Å². The number of imidazole rings is 1. The van der Waals surface area contributed by atoms with E-state index >= 15 is 0 Å². The summed E-state index contributed by atoms with van der Waals surface area (Å²) in [5.41, 5.74) is 1.75. The molecule has 0 unspecified atom stereocenters. The van der Waals surface area contributed by atoms with E-state index in [2.05, 4.69) is 9.97 Å². The number of nitrogens with zero attached hydrogens (tertiary/aromatic N) is 4. The summed E-state index contributed by atoms with van der Waals surface area (Å²) in [5, 5.41) is 0. The number of benzene rings is 1. The van der Waals surface area contributed by atoms with E-state index in [9.17, 15) is 9.59 Å². The lowest BCUT2D eigenvalue weighted by atomic mass is 10.1. The molecular formula is C20H21N5O2. The van der Waals surface area contributed by atoms with Gasteiger partial charge in [-0.2, -0.15) is 0 Å². The molecule has 2 amide bonds. The molecule has 138 valence electrons. The van der Waals surface area contributed by atoms with Crippen molar-refractivity contribution in [3.8, 4) is 0 Å². The van der Waals surface area contributed by atoms with E-state index in [0.29, 0.717) is 19.5 Å². The largest absolute Gasteiger partial charge is 0.348 e. The normalized spacial score (nSPS) is 15.8. The van der Waals surface area contributed by atoms with Gasteiger partial charge in [0.1, 0.15) is 12.6 Å². The summed E-state index contributed by atoms with van der Waals surface area (Å²) in [5.74, 6) is -0.115. The molecule has 1 saturated heterocycles. The summed E-state index contributed by atoms with van der Waals surface area (Å²) in [4.78, 5) is 36.3. The van der Waals surface area contributed by atoms with Gasteiger partial charge in [-0.1, -0.05) is 18.2 Å². The van der Waals surface area contributed by atoms with E-state index in [4.69, 9.17) is 0 Å². The molecule has 27 heavy (non-hydrogen) atoms. The first-order valence-corrected chi connectivity index (χ1v) is 8.96. The Hall–Kier alpha value is -3.35. The zero-order chi connectivity index (χ0) is 18.6. The lowest BCUT2D eigenvalue weighted by Crippen LogP contribution is -2.54. The zero-order valence-corrected chi connectivity index (χ0v) is 14.9. The number of para-hydroxylation sites is 1. The van der Waals surface area contributed by atoms with Gasteiger partial charge in [-0.15, -0.1) is 0 Å². The highest BCUT2D eigenvalue weighted by Gasteiger charge is 2.32. The second-order valence-electron chi connectivity index (χ2n) is 6.57. The van der Waals surface area contributed by atoms with Gasteiger partial charge in [0.2, 0.25) is 11.8 Å². The fraction of sp³-hybridized carbons (Fsp3) is 0.250. The first-order chi connectivity index (χ1) is 13.2. The zero-order valence-electron chi connectivity index (χ0n) is 14.9. The Morgan fingerprint density at radius 2 is 1.89 bits per heavy atom. The molecule has 1 N–H and O–H groups in total. The number of carbonyl (C=O) groups is 2. The van der Waals surface area contributed by atoms with Gasteiger partial charge < -0.3 is 19.4 Å². The van der Waals surface area contributed by atoms with Crippen molar-refractivity contribution in [2.75, 3.05) is 24.5 Å². The number of nitrogens with one attached hydrogen (secondary N) is 1. The Morgan fingerprint density at radius 1 is 1.11 bits per heavy atom. The smallest absolute Gasteiger partial charge is 0.246 e. The minimum atomic E-state index is -0.406. The summed E-state index contributed by atoms with van der Waals surface area (Å²) in [6.45, 7) is 1.10. The third-order valence-electron chi connectivity index (χ3n) is 4.84. The summed E-state index contributed by atoms with van der Waals surface area (Å²) in [6.07, 6.45) is 7.58. The van der Waals surface area contributed by atoms with Gasteiger partial charge in [0.25, 0.3) is 0 Å². The number of aromatic nitrogens is 3. The first-order valence-electron chi connectivity index (χ1n) is 8.96. The van der Waals surface area contributed by atoms with Crippen molar-refractivity contribution < 1.29 is 9.59 Å². The Bertz CT molecular complexity index is 890. The quantitative estimate of drug-likeness (QED) is 0.752. The molecule has 2 aromatic heterocycles. The second-order valence-corrected chi connectivity index (χ2v) is 6.57. The molecule has 3 heterocycles. The van der Waals surface area contributed by atoms with Crippen LogP contribution in [-0.2, 0) is 16.0 Å². The van der Waals surface area contributed by atoms with Crippen LogP contribution in [0.4, 0.5) is 5.69 Å². The molecule has 1 aliphatic rings. The minimum Gasteiger partial charge on any atom is -0.348 e. The predicted octanol–water partition coefficient (Wildman–Crippen LogP) is 1.87. The highest BCUT2D eigenvalue weighted by molar-refractivity contribution is 5.98. The van der Waals surface area contributed by atoms with E-state index < -0.39 is 6.04 Å². The molecule has 7 nitrogen and oxygen atoms in total. The molecule has 0 saturated carbocycles. The maximum absolute atomic E-state index is 13.2. The van der Waals surface area contributed by atoms with Crippen LogP contribution < -0.4 is 4.90 Å². The molecule has 3 aromatic rings. The number of piperazine rings is 1. The van der Waals surface area contributed by atoms with Crippen LogP contribution in [0.5, 0.6) is 0 Å². The molecule has 1 aliphatic heterocycles. The third kappa shape index (κ3) is 3.62. The number of amides is 2. The number of anilines is 1. The maximum Gasteiger partial charge on any atom is 0.246 e. The van der Waals surface area contributed by atoms with Crippen molar-refractivity contribution in [1.29, 1.82) is 0 Å². The van der Waals surface area contributed by atoms with E-state index in [1.54, 1.807) is 22.3 Å². The first kappa shape index (κ1) is 17.1. The molecule has 1 fully saturated rings. The number of hydrogen-bond acceptors (Lipinski definition) is 3. The van der Waals surface area contributed by atoms with Crippen molar-refractivity contribution in [2.45, 2.75) is 12.5 Å². The standard InChI is InChI=1S/C20H21N5O2/c26-19-14-24(10-11-25(19)17-6-2-1-3-7-17)20(27)18(23-8-4-5-9-23)12-16-13-21-15-22-16/h1-9,13,15,18H,10-12,14H2,(H,21,22)/t18-/m0/s1. The van der Waals surface area contributed by atoms with Crippen LogP contribution in [0.3, 0.4) is 0 Å². The third-order valence-corrected chi connectivity index (χ3v) is 4.84. The summed E-state index contributed by atoms with van der Waals surface area (Å²) >= 11 is 0. The van der Waals surface area contributed by atoms with Gasteiger partial charge in [0.15, 0.2) is 0 Å². The molecular weight excluding hydrogens is 342 g/mol. The van der Waals surface area contributed by atoms with Gasteiger partial charge in [-0.3, -0.25) is 9.59 Å². The van der Waals surface area contributed by atoms with Crippen molar-refractivity contribution >= 4 is 17.5 Å². The summed E-state index contributed by atoms with van der Waals surface area (Å²) in [7, 11) is 0. The van der Waals surface area contributed by atoms with Crippen LogP contribution in [-0.4, -0.2) is 50.9 Å². The Labute approximate surface area is 157 Å². The molecule has 1 aromatic carbocycles. The lowest BCUT2D eigenvalue weighted by molar-refractivity contribution is -0.139. The Morgan fingerprint density at radius 3 is 2.56 bits per heavy atom. The molecule has 7 heteroatoms. The molecule has 4 rings (SSSR count). The predicted molar refractivity (Wildman–Crippen MR) is 101 cm³/mol. The van der Waals surface area contributed by atoms with Crippen LogP contribution in [0.2, 0.25) is 0 Å². The number of hydrogen-bond donors (Lipinski definition) is 1. The van der Waals surface area contributed by atoms with Gasteiger partial charge >= 0.3 is 0 Å². The SMILES string of the molecule is O=C([C@H](Cc1cnc[nH]1)n1cccc1)N1CCN(c2ccccc2)C(=O)C1. The fourth-order valence-corrected chi connectivity index (χ4v) is 3.43. The van der Waals surface area contributed by atoms with E-state index in [1.807, 2.05) is 59.4 Å². The van der Waals surface area contributed by atoms with Gasteiger partial charge in [0.05, 0.1) is 6.33 Å². The van der Waals surface area contributed by atoms with Crippen LogP contribution in [0, 0.1) is 0 Å². The van der Waals surface area contributed by atoms with Crippen molar-refractivity contribution in [3.05, 3.63) is 73.1 Å². The van der Waals surface area contributed by atoms with E-state index in [0.717, 1.165) is 11.4 Å². The van der Waals surface area contributed by atoms with Crippen LogP contribution in [0.1, 0.15) is 11.7 Å².